The first-order valence-corrected chi connectivity index (χ1v) is 10.8. The topological polar surface area (TPSA) is 78.8 Å². The van der Waals surface area contributed by atoms with Crippen molar-refractivity contribution >= 4 is 41.7 Å². The van der Waals surface area contributed by atoms with Crippen LogP contribution in [0.5, 0.6) is 0 Å². The molecule has 7 nitrogen and oxygen atoms in total. The van der Waals surface area contributed by atoms with Gasteiger partial charge < -0.3 is 20.3 Å². The van der Waals surface area contributed by atoms with Crippen LogP contribution in [-0.4, -0.2) is 55.2 Å². The van der Waals surface area contributed by atoms with Gasteiger partial charge in [0, 0.05) is 45.3 Å². The first-order valence-electron chi connectivity index (χ1n) is 10.8. The van der Waals surface area contributed by atoms with E-state index in [0.29, 0.717) is 18.8 Å². The summed E-state index contributed by atoms with van der Waals surface area (Å²) in [5, 5.41) is 6.74. The number of carbonyl (C=O) groups excluding carboxylic acids is 1. The molecule has 1 fully saturated rings. The molecular weight excluding hydrogens is 512 g/mol. The fraction of sp³-hybridized carbons (Fsp3) is 0.682. The number of ether oxygens (including phenoxy) is 1. The third kappa shape index (κ3) is 10.5. The zero-order chi connectivity index (χ0) is 22.0. The molecule has 1 saturated heterocycles. The second-order valence-corrected chi connectivity index (χ2v) is 8.63. The molecule has 0 spiro atoms. The van der Waals surface area contributed by atoms with Gasteiger partial charge in [0.25, 0.3) is 0 Å². The number of halogens is 2. The van der Waals surface area contributed by atoms with Crippen molar-refractivity contribution in [2.75, 3.05) is 31.6 Å². The molecule has 0 bridgehead atoms. The summed E-state index contributed by atoms with van der Waals surface area (Å²) in [7, 11) is 1.75. The Morgan fingerprint density at radius 3 is 2.74 bits per heavy atom. The van der Waals surface area contributed by atoms with E-state index >= 15 is 0 Å². The number of guanidine groups is 1. The molecule has 2 heterocycles. The molecule has 0 aromatic carbocycles. The molecule has 1 aromatic heterocycles. The van der Waals surface area contributed by atoms with Gasteiger partial charge >= 0.3 is 5.97 Å². The third-order valence-electron chi connectivity index (χ3n) is 4.81. The highest BCUT2D eigenvalue weighted by Crippen LogP contribution is 2.20. The van der Waals surface area contributed by atoms with Gasteiger partial charge in [0.05, 0.1) is 0 Å². The van der Waals surface area contributed by atoms with E-state index in [4.69, 9.17) is 4.74 Å². The van der Waals surface area contributed by atoms with E-state index in [2.05, 4.69) is 20.6 Å². The Morgan fingerprint density at radius 2 is 2.06 bits per heavy atom. The van der Waals surface area contributed by atoms with E-state index in [1.807, 2.05) is 25.7 Å². The number of hydrogen-bond acceptors (Lipinski definition) is 5. The Morgan fingerprint density at radius 1 is 1.32 bits per heavy atom. The Kier molecular flexibility index (Phi) is 12.1. The summed E-state index contributed by atoms with van der Waals surface area (Å²) in [5.74, 6) is 0.766. The summed E-state index contributed by atoms with van der Waals surface area (Å²) in [5.41, 5.74) is -0.411. The van der Waals surface area contributed by atoms with Crippen LogP contribution >= 0.6 is 24.0 Å². The molecule has 0 radical (unpaired) electrons. The lowest BCUT2D eigenvalue weighted by Gasteiger charge is -2.20. The summed E-state index contributed by atoms with van der Waals surface area (Å²) in [6, 6.07) is 3.25. The number of pyridine rings is 1. The number of anilines is 1. The molecule has 1 unspecified atom stereocenters. The van der Waals surface area contributed by atoms with Crippen molar-refractivity contribution in [2.24, 2.45) is 4.99 Å². The number of nitrogens with zero attached hydrogens (tertiary/aromatic N) is 3. The van der Waals surface area contributed by atoms with Gasteiger partial charge in [0.15, 0.2) is 17.6 Å². The summed E-state index contributed by atoms with van der Waals surface area (Å²) in [4.78, 5) is 22.1. The van der Waals surface area contributed by atoms with Gasteiger partial charge in [-0.05, 0) is 52.2 Å². The smallest absolute Gasteiger partial charge is 0.306 e. The Bertz CT molecular complexity index is 711. The molecule has 0 saturated carbocycles. The summed E-state index contributed by atoms with van der Waals surface area (Å²) >= 11 is 0. The highest BCUT2D eigenvalue weighted by Gasteiger charge is 2.25. The van der Waals surface area contributed by atoms with Crippen LogP contribution < -0.4 is 15.5 Å². The van der Waals surface area contributed by atoms with Gasteiger partial charge in [0.1, 0.15) is 5.60 Å². The zero-order valence-electron chi connectivity index (χ0n) is 19.1. The summed E-state index contributed by atoms with van der Waals surface area (Å²) < 4.78 is 19.2. The van der Waals surface area contributed by atoms with Gasteiger partial charge in [-0.1, -0.05) is 12.8 Å². The van der Waals surface area contributed by atoms with Crippen molar-refractivity contribution in [3.05, 3.63) is 24.1 Å². The lowest BCUT2D eigenvalue weighted by molar-refractivity contribution is -0.154. The van der Waals surface area contributed by atoms with Gasteiger partial charge in [-0.2, -0.15) is 0 Å². The van der Waals surface area contributed by atoms with Crippen molar-refractivity contribution in [3.63, 3.8) is 0 Å². The van der Waals surface area contributed by atoms with Crippen molar-refractivity contribution in [3.8, 4) is 0 Å². The van der Waals surface area contributed by atoms with E-state index in [0.717, 1.165) is 51.2 Å². The number of aliphatic imine (C=N–C) groups is 1. The molecule has 2 N–H and O–H groups in total. The summed E-state index contributed by atoms with van der Waals surface area (Å²) in [6.07, 6.45) is 6.90. The Labute approximate surface area is 202 Å². The average molecular weight is 549 g/mol. The minimum absolute atomic E-state index is 0. The molecule has 1 atom stereocenters. The number of rotatable bonds is 9. The molecule has 31 heavy (non-hydrogen) atoms. The van der Waals surface area contributed by atoms with Gasteiger partial charge in [-0.3, -0.25) is 9.79 Å². The van der Waals surface area contributed by atoms with Crippen LogP contribution in [0.2, 0.25) is 0 Å². The lowest BCUT2D eigenvalue weighted by Crippen LogP contribution is -2.45. The minimum Gasteiger partial charge on any atom is -0.460 e. The maximum atomic E-state index is 13.9. The number of nitrogens with one attached hydrogen (secondary N) is 2. The van der Waals surface area contributed by atoms with Crippen LogP contribution in [0.25, 0.3) is 0 Å². The Hall–Kier alpha value is -1.65. The fourth-order valence-electron chi connectivity index (χ4n) is 3.42. The quantitative estimate of drug-likeness (QED) is 0.160. The molecule has 2 rings (SSSR count). The van der Waals surface area contributed by atoms with E-state index in [9.17, 15) is 9.18 Å². The molecule has 176 valence electrons. The van der Waals surface area contributed by atoms with Crippen LogP contribution in [-0.2, 0) is 9.53 Å². The first-order chi connectivity index (χ1) is 14.3. The largest absolute Gasteiger partial charge is 0.460 e. The lowest BCUT2D eigenvalue weighted by atomic mass is 10.1. The first kappa shape index (κ1) is 27.4. The molecule has 9 heteroatoms. The van der Waals surface area contributed by atoms with E-state index < -0.39 is 5.60 Å². The average Bonchev–Trinajstić information content (AvgIpc) is 3.13. The van der Waals surface area contributed by atoms with Crippen molar-refractivity contribution in [1.82, 2.24) is 15.6 Å². The zero-order valence-corrected chi connectivity index (χ0v) is 21.4. The highest BCUT2D eigenvalue weighted by atomic mass is 127. The van der Waals surface area contributed by atoms with Crippen LogP contribution in [0.15, 0.2) is 23.3 Å². The van der Waals surface area contributed by atoms with Gasteiger partial charge in [-0.15, -0.1) is 24.0 Å². The van der Waals surface area contributed by atoms with Crippen molar-refractivity contribution in [2.45, 2.75) is 70.9 Å². The predicted molar refractivity (Wildman–Crippen MR) is 134 cm³/mol. The van der Waals surface area contributed by atoms with E-state index in [-0.39, 0.29) is 41.8 Å². The highest BCUT2D eigenvalue weighted by molar-refractivity contribution is 14.0. The molecule has 0 aliphatic carbocycles. The molecular formula is C22H37FIN5O2. The second kappa shape index (κ2) is 13.7. The number of unbranched alkanes of at least 4 members (excludes halogenated alkanes) is 3. The van der Waals surface area contributed by atoms with Crippen LogP contribution in [0.3, 0.4) is 0 Å². The molecule has 1 aromatic rings. The third-order valence-corrected chi connectivity index (χ3v) is 4.81. The van der Waals surface area contributed by atoms with Crippen molar-refractivity contribution in [1.29, 1.82) is 0 Å². The maximum Gasteiger partial charge on any atom is 0.306 e. The van der Waals surface area contributed by atoms with E-state index in [1.165, 1.54) is 6.07 Å². The summed E-state index contributed by atoms with van der Waals surface area (Å²) in [6.45, 7) is 7.93. The standard InChI is InChI=1S/C22H36FN5O2.HI/c1-22(2,3)30-19(29)11-7-5-6-8-13-26-21(24-4)27-17-12-15-28(16-17)20-18(23)10-9-14-25-20;/h9-10,14,17H,5-8,11-13,15-16H2,1-4H3,(H2,24,26,27);1H. The minimum atomic E-state index is -0.411. The van der Waals surface area contributed by atoms with Gasteiger partial charge in [-0.25, -0.2) is 9.37 Å². The maximum absolute atomic E-state index is 13.9. The number of carbonyl (C=O) groups is 1. The number of esters is 1. The molecule has 1 aliphatic heterocycles. The number of hydrogen-bond donors (Lipinski definition) is 2. The fourth-order valence-corrected chi connectivity index (χ4v) is 3.42. The van der Waals surface area contributed by atoms with Crippen LogP contribution in [0.4, 0.5) is 10.2 Å². The Balaban J connectivity index is 0.00000480. The normalized spacial score (nSPS) is 16.6. The molecule has 0 amide bonds. The van der Waals surface area contributed by atoms with E-state index in [1.54, 1.807) is 19.3 Å². The SMILES string of the molecule is CN=C(NCCCCCCC(=O)OC(C)(C)C)NC1CCN(c2ncccc2F)C1.I. The molecule has 1 aliphatic rings. The van der Waals surface area contributed by atoms with Crippen LogP contribution in [0, 0.1) is 5.82 Å². The van der Waals surface area contributed by atoms with Crippen LogP contribution in [0.1, 0.15) is 59.3 Å². The predicted octanol–water partition coefficient (Wildman–Crippen LogP) is 3.87. The van der Waals surface area contributed by atoms with Gasteiger partial charge in [0.2, 0.25) is 0 Å². The monoisotopic (exact) mass is 549 g/mol. The van der Waals surface area contributed by atoms with Crippen molar-refractivity contribution < 1.29 is 13.9 Å². The number of aromatic nitrogens is 1. The second-order valence-electron chi connectivity index (χ2n) is 8.63.